The van der Waals surface area contributed by atoms with Crippen LogP contribution in [-0.2, 0) is 9.59 Å². The van der Waals surface area contributed by atoms with Gasteiger partial charge >= 0.3 is 0 Å². The Labute approximate surface area is 175 Å². The molecule has 0 spiro atoms. The number of aliphatic imine (C=N–C) groups is 1. The Hall–Kier alpha value is -3.15. The number of aryl methyl sites for hydroxylation is 1. The fourth-order valence-corrected chi connectivity index (χ4v) is 4.39. The molecular weight excluding hydrogens is 381 g/mol. The average Bonchev–Trinajstić information content (AvgIpc) is 2.68. The van der Waals surface area contributed by atoms with Crippen molar-refractivity contribution in [3.8, 4) is 0 Å². The number of carbonyl (C=O) groups excluding carboxylic acids is 2. The maximum absolute atomic E-state index is 14.1. The quantitative estimate of drug-likeness (QED) is 0.812. The molecule has 6 heteroatoms. The summed E-state index contributed by atoms with van der Waals surface area (Å²) < 4.78 is 14.1. The van der Waals surface area contributed by atoms with Crippen molar-refractivity contribution in [3.05, 3.63) is 70.8 Å². The molecule has 1 aliphatic carbocycles. The fourth-order valence-electron chi connectivity index (χ4n) is 4.39. The number of anilines is 1. The molecule has 0 bridgehead atoms. The maximum Gasteiger partial charge on any atom is 0.235 e. The van der Waals surface area contributed by atoms with E-state index in [1.165, 1.54) is 12.1 Å². The first-order chi connectivity index (χ1) is 14.3. The lowest BCUT2D eigenvalue weighted by Gasteiger charge is -2.36. The van der Waals surface area contributed by atoms with Gasteiger partial charge < -0.3 is 5.32 Å². The zero-order valence-corrected chi connectivity index (χ0v) is 17.3. The lowest BCUT2D eigenvalue weighted by Crippen LogP contribution is -2.40. The van der Waals surface area contributed by atoms with Gasteiger partial charge in [-0.2, -0.15) is 0 Å². The zero-order valence-electron chi connectivity index (χ0n) is 17.3. The van der Waals surface area contributed by atoms with Crippen LogP contribution in [0.5, 0.6) is 0 Å². The average molecular weight is 405 g/mol. The standard InChI is InChI=1S/C24H24FN3O2/c1-13-7-8-20(26-12-13)28-24(30)21-15(3)27-18-9-14(2)10-19(29)23(18)22(21)16-5-4-6-17(25)11-16/h4-8,11-12,14,21-22H,9-10H2,1-3H3,(H,26,28,30)/t14-,21?,22-/m0/s1. The van der Waals surface area contributed by atoms with Crippen molar-refractivity contribution < 1.29 is 14.0 Å². The van der Waals surface area contributed by atoms with E-state index < -0.39 is 17.7 Å². The van der Waals surface area contributed by atoms with Gasteiger partial charge in [0.05, 0.1) is 5.92 Å². The van der Waals surface area contributed by atoms with E-state index in [2.05, 4.69) is 15.3 Å². The van der Waals surface area contributed by atoms with Crippen LogP contribution in [-0.4, -0.2) is 22.4 Å². The number of ketones is 1. The second-order valence-electron chi connectivity index (χ2n) is 8.27. The molecule has 1 unspecified atom stereocenters. The van der Waals surface area contributed by atoms with E-state index in [0.717, 1.165) is 11.3 Å². The second kappa shape index (κ2) is 7.94. The second-order valence-corrected chi connectivity index (χ2v) is 8.27. The summed E-state index contributed by atoms with van der Waals surface area (Å²) in [5.41, 5.74) is 3.48. The predicted octanol–water partition coefficient (Wildman–Crippen LogP) is 4.60. The molecule has 5 nitrogen and oxygen atoms in total. The third-order valence-electron chi connectivity index (χ3n) is 5.75. The highest BCUT2D eigenvalue weighted by atomic mass is 19.1. The molecule has 2 aliphatic rings. The molecule has 1 aromatic carbocycles. The summed E-state index contributed by atoms with van der Waals surface area (Å²) in [4.78, 5) is 35.2. The molecule has 3 atom stereocenters. The van der Waals surface area contributed by atoms with Gasteiger partial charge in [0, 0.05) is 35.5 Å². The Morgan fingerprint density at radius 3 is 2.67 bits per heavy atom. The largest absolute Gasteiger partial charge is 0.310 e. The maximum atomic E-state index is 14.1. The number of hydrogen-bond donors (Lipinski definition) is 1. The smallest absolute Gasteiger partial charge is 0.235 e. The van der Waals surface area contributed by atoms with Gasteiger partial charge in [0.15, 0.2) is 5.78 Å². The number of Topliss-reactive ketones (excluding diaryl/α,β-unsaturated/α-hetero) is 1. The lowest BCUT2D eigenvalue weighted by atomic mass is 9.70. The highest BCUT2D eigenvalue weighted by Crippen LogP contribution is 2.44. The SMILES string of the molecule is CC1=NC2=C(C(=O)C[C@@H](C)C2)[C@@H](c2cccc(F)c2)C1C(=O)Nc1ccc(C)cn1. The number of carbonyl (C=O) groups is 2. The minimum Gasteiger partial charge on any atom is -0.310 e. The zero-order chi connectivity index (χ0) is 21.4. The molecule has 1 aromatic heterocycles. The number of nitrogens with zero attached hydrogens (tertiary/aromatic N) is 2. The summed E-state index contributed by atoms with van der Waals surface area (Å²) in [6.45, 7) is 5.73. The molecule has 0 saturated carbocycles. The highest BCUT2D eigenvalue weighted by Gasteiger charge is 2.43. The number of benzene rings is 1. The summed E-state index contributed by atoms with van der Waals surface area (Å²) in [6.07, 6.45) is 2.76. The number of nitrogens with one attached hydrogen (secondary N) is 1. The van der Waals surface area contributed by atoms with E-state index in [-0.39, 0.29) is 17.6 Å². The van der Waals surface area contributed by atoms with Crippen molar-refractivity contribution in [1.82, 2.24) is 4.98 Å². The van der Waals surface area contributed by atoms with Crippen LogP contribution in [0.25, 0.3) is 0 Å². The van der Waals surface area contributed by atoms with Crippen LogP contribution in [0.1, 0.15) is 43.7 Å². The first kappa shape index (κ1) is 20.1. The van der Waals surface area contributed by atoms with E-state index in [0.29, 0.717) is 35.5 Å². The molecule has 154 valence electrons. The van der Waals surface area contributed by atoms with Gasteiger partial charge in [-0.15, -0.1) is 0 Å². The molecule has 30 heavy (non-hydrogen) atoms. The Kier molecular flexibility index (Phi) is 5.33. The van der Waals surface area contributed by atoms with Crippen molar-refractivity contribution in [1.29, 1.82) is 0 Å². The van der Waals surface area contributed by atoms with E-state index in [4.69, 9.17) is 0 Å². The predicted molar refractivity (Wildman–Crippen MR) is 114 cm³/mol. The Morgan fingerprint density at radius 2 is 1.97 bits per heavy atom. The molecule has 2 aromatic rings. The third-order valence-corrected chi connectivity index (χ3v) is 5.75. The van der Waals surface area contributed by atoms with Crippen molar-refractivity contribution in [3.63, 3.8) is 0 Å². The number of halogens is 1. The van der Waals surface area contributed by atoms with Crippen molar-refractivity contribution in [2.24, 2.45) is 16.8 Å². The van der Waals surface area contributed by atoms with Gasteiger partial charge in [-0.3, -0.25) is 14.6 Å². The third kappa shape index (κ3) is 3.82. The summed E-state index contributed by atoms with van der Waals surface area (Å²) in [7, 11) is 0. The van der Waals surface area contributed by atoms with Crippen LogP contribution in [0.15, 0.2) is 58.9 Å². The monoisotopic (exact) mass is 405 g/mol. The molecular formula is C24H24FN3O2. The van der Waals surface area contributed by atoms with Crippen LogP contribution in [0, 0.1) is 24.6 Å². The summed E-state index contributed by atoms with van der Waals surface area (Å²) in [5, 5.41) is 2.84. The van der Waals surface area contributed by atoms with E-state index in [1.807, 2.05) is 19.9 Å². The van der Waals surface area contributed by atoms with E-state index in [1.54, 1.807) is 31.3 Å². The molecule has 1 N–H and O–H groups in total. The van der Waals surface area contributed by atoms with Crippen LogP contribution in [0.2, 0.25) is 0 Å². The minimum absolute atomic E-state index is 0.0134. The summed E-state index contributed by atoms with van der Waals surface area (Å²) in [5.74, 6) is -1.38. The topological polar surface area (TPSA) is 71.4 Å². The van der Waals surface area contributed by atoms with Gasteiger partial charge in [-0.25, -0.2) is 9.37 Å². The first-order valence-corrected chi connectivity index (χ1v) is 10.1. The molecule has 4 rings (SSSR count). The fraction of sp³-hybridized carbons (Fsp3) is 0.333. The highest BCUT2D eigenvalue weighted by molar-refractivity contribution is 6.13. The number of aromatic nitrogens is 1. The Balaban J connectivity index is 1.78. The minimum atomic E-state index is -0.717. The van der Waals surface area contributed by atoms with Crippen LogP contribution >= 0.6 is 0 Å². The van der Waals surface area contributed by atoms with E-state index in [9.17, 15) is 14.0 Å². The van der Waals surface area contributed by atoms with Crippen molar-refractivity contribution >= 4 is 23.2 Å². The van der Waals surface area contributed by atoms with Gasteiger partial charge in [0.2, 0.25) is 5.91 Å². The summed E-state index contributed by atoms with van der Waals surface area (Å²) >= 11 is 0. The van der Waals surface area contributed by atoms with Crippen LogP contribution in [0.3, 0.4) is 0 Å². The number of amides is 1. The molecule has 0 saturated heterocycles. The Bertz CT molecular complexity index is 1070. The Morgan fingerprint density at radius 1 is 1.17 bits per heavy atom. The lowest BCUT2D eigenvalue weighted by molar-refractivity contribution is -0.119. The van der Waals surface area contributed by atoms with Gasteiger partial charge in [-0.1, -0.05) is 25.1 Å². The van der Waals surface area contributed by atoms with Gasteiger partial charge in [0.1, 0.15) is 11.6 Å². The normalized spacial score (nSPS) is 23.7. The van der Waals surface area contributed by atoms with Gasteiger partial charge in [0.25, 0.3) is 0 Å². The molecule has 0 fully saturated rings. The van der Waals surface area contributed by atoms with E-state index >= 15 is 0 Å². The first-order valence-electron chi connectivity index (χ1n) is 10.1. The van der Waals surface area contributed by atoms with Crippen molar-refractivity contribution in [2.45, 2.75) is 39.5 Å². The molecule has 1 aliphatic heterocycles. The van der Waals surface area contributed by atoms with Crippen molar-refractivity contribution in [2.75, 3.05) is 5.32 Å². The number of allylic oxidation sites excluding steroid dienone is 2. The molecule has 1 amide bonds. The number of hydrogen-bond acceptors (Lipinski definition) is 4. The van der Waals surface area contributed by atoms with Gasteiger partial charge in [-0.05, 0) is 55.5 Å². The molecule has 2 heterocycles. The van der Waals surface area contributed by atoms with Crippen LogP contribution < -0.4 is 5.32 Å². The number of pyridine rings is 1. The number of rotatable bonds is 3. The summed E-state index contributed by atoms with van der Waals surface area (Å²) in [6, 6.07) is 9.74. The van der Waals surface area contributed by atoms with Crippen LogP contribution in [0.4, 0.5) is 10.2 Å². The molecule has 0 radical (unpaired) electrons.